The third-order valence-corrected chi connectivity index (χ3v) is 10.5. The van der Waals surface area contributed by atoms with E-state index in [1.54, 1.807) is 48.2 Å². The van der Waals surface area contributed by atoms with Crippen LogP contribution in [0.3, 0.4) is 0 Å². The minimum Gasteiger partial charge on any atom is -0.347 e. The molecule has 4 aromatic rings. The average Bonchev–Trinajstić information content (AvgIpc) is 3.72. The lowest BCUT2D eigenvalue weighted by molar-refractivity contribution is -0.146. The molecule has 4 amide bonds. The van der Waals surface area contributed by atoms with Crippen molar-refractivity contribution in [3.63, 3.8) is 0 Å². The Hall–Kier alpha value is -4.10. The predicted octanol–water partition coefficient (Wildman–Crippen LogP) is 2.86. The third-order valence-electron chi connectivity index (χ3n) is 8.62. The van der Waals surface area contributed by atoms with Gasteiger partial charge in [-0.3, -0.25) is 28.8 Å². The second-order valence-electron chi connectivity index (χ2n) is 12.2. The highest BCUT2D eigenvalue weighted by Gasteiger charge is 2.46. The summed E-state index contributed by atoms with van der Waals surface area (Å²) in [6.07, 6.45) is 1.13. The molecule has 2 aromatic carbocycles. The van der Waals surface area contributed by atoms with Gasteiger partial charge in [-0.1, -0.05) is 17.7 Å². The largest absolute Gasteiger partial charge is 0.347 e. The topological polar surface area (TPSA) is 176 Å². The Kier molecular flexibility index (Phi) is 8.49. The zero-order valence-corrected chi connectivity index (χ0v) is 27.3. The Balaban J connectivity index is 1.31. The molecule has 15 heteroatoms. The van der Waals surface area contributed by atoms with E-state index in [0.29, 0.717) is 52.5 Å². The van der Waals surface area contributed by atoms with Gasteiger partial charge in [0, 0.05) is 36.8 Å². The summed E-state index contributed by atoms with van der Waals surface area (Å²) < 4.78 is 12.2. The number of H-pyrrole nitrogens is 1. The standard InChI is InChI=1S/C31H35N6O7PS/c1-17-4-7-22-21(12-17)27(34-33-22)31(41)36-11-10-20-6-8-24(30(40)35(2)3)37(20)29(39)23(15-36)32-28(38)26-14-19-13-18(16-45(42,43)44)5-9-25(19)46-26/h4-5,7,9,12-14,20,23-24H,6,8,10-11,15-16H2,1-3H3,(H,32,38)(H,33,34)(H2,42,43,44)/t20-,23+,24+/m1/s1. The minimum atomic E-state index is -4.28. The van der Waals surface area contributed by atoms with E-state index in [4.69, 9.17) is 0 Å². The lowest BCUT2D eigenvalue weighted by Crippen LogP contribution is -2.61. The van der Waals surface area contributed by atoms with Gasteiger partial charge in [-0.25, -0.2) is 0 Å². The van der Waals surface area contributed by atoms with Crippen LogP contribution in [0, 0.1) is 6.92 Å². The SMILES string of the molecule is Cc1ccc2[nH]nc(C(=O)N3CC[C@H]4CC[C@@H](C(=O)N(C)C)N4C(=O)[C@@H](NC(=O)c4cc5cc(CP(=O)(O)O)ccc5s4)C3)c2c1. The van der Waals surface area contributed by atoms with E-state index in [0.717, 1.165) is 10.3 Å². The molecule has 0 spiro atoms. The molecule has 242 valence electrons. The molecule has 4 heterocycles. The second kappa shape index (κ2) is 12.3. The highest BCUT2D eigenvalue weighted by molar-refractivity contribution is 7.50. The van der Waals surface area contributed by atoms with Crippen LogP contribution in [0.4, 0.5) is 0 Å². The summed E-state index contributed by atoms with van der Waals surface area (Å²) in [6.45, 7) is 2.11. The number of benzene rings is 2. The third kappa shape index (κ3) is 6.30. The average molecular weight is 667 g/mol. The minimum absolute atomic E-state index is 0.118. The number of amides is 4. The highest BCUT2D eigenvalue weighted by Crippen LogP contribution is 2.40. The van der Waals surface area contributed by atoms with Crippen LogP contribution in [0.2, 0.25) is 0 Å². The lowest BCUT2D eigenvalue weighted by Gasteiger charge is -2.39. The van der Waals surface area contributed by atoms with Gasteiger partial charge in [0.2, 0.25) is 11.8 Å². The van der Waals surface area contributed by atoms with Crippen LogP contribution in [0.15, 0.2) is 42.5 Å². The van der Waals surface area contributed by atoms with E-state index in [9.17, 15) is 33.5 Å². The molecule has 2 aliphatic rings. The van der Waals surface area contributed by atoms with Gasteiger partial charge < -0.3 is 29.8 Å². The molecule has 13 nitrogen and oxygen atoms in total. The van der Waals surface area contributed by atoms with E-state index in [1.165, 1.54) is 16.2 Å². The second-order valence-corrected chi connectivity index (χ2v) is 14.9. The van der Waals surface area contributed by atoms with Gasteiger partial charge in [0.05, 0.1) is 23.1 Å². The maximum atomic E-state index is 14.3. The Morgan fingerprint density at radius 2 is 1.89 bits per heavy atom. The number of hydrogen-bond donors (Lipinski definition) is 4. The summed E-state index contributed by atoms with van der Waals surface area (Å²) in [4.78, 5) is 78.7. The van der Waals surface area contributed by atoms with Crippen LogP contribution in [-0.2, 0) is 20.3 Å². The molecule has 0 aliphatic carbocycles. The van der Waals surface area contributed by atoms with Crippen LogP contribution in [-0.4, -0.2) is 104 Å². The number of rotatable bonds is 6. The molecule has 46 heavy (non-hydrogen) atoms. The molecule has 0 bridgehead atoms. The Bertz CT molecular complexity index is 1920. The molecule has 3 atom stereocenters. The number of carbonyl (C=O) groups is 4. The summed E-state index contributed by atoms with van der Waals surface area (Å²) in [5.74, 6) is -1.52. The lowest BCUT2D eigenvalue weighted by atomic mass is 10.1. The van der Waals surface area contributed by atoms with Crippen molar-refractivity contribution in [2.24, 2.45) is 0 Å². The van der Waals surface area contributed by atoms with Crippen molar-refractivity contribution in [3.8, 4) is 0 Å². The molecular formula is C31H35N6O7PS. The number of likely N-dealkylation sites (N-methyl/N-ethyl adjacent to an activating group) is 1. The van der Waals surface area contributed by atoms with Crippen molar-refractivity contribution >= 4 is 63.6 Å². The number of aromatic nitrogens is 2. The van der Waals surface area contributed by atoms with Crippen LogP contribution < -0.4 is 5.32 Å². The number of nitrogens with one attached hydrogen (secondary N) is 2. The van der Waals surface area contributed by atoms with E-state index in [-0.39, 0.29) is 30.1 Å². The number of nitrogens with zero attached hydrogens (tertiary/aromatic N) is 4. The Morgan fingerprint density at radius 1 is 1.11 bits per heavy atom. The van der Waals surface area contributed by atoms with Crippen molar-refractivity contribution in [2.75, 3.05) is 27.2 Å². The molecule has 0 saturated carbocycles. The molecule has 0 unspecified atom stereocenters. The monoisotopic (exact) mass is 666 g/mol. The van der Waals surface area contributed by atoms with Crippen molar-refractivity contribution in [1.82, 2.24) is 30.2 Å². The van der Waals surface area contributed by atoms with Gasteiger partial charge in [-0.2, -0.15) is 5.10 Å². The van der Waals surface area contributed by atoms with E-state index >= 15 is 0 Å². The quantitative estimate of drug-likeness (QED) is 0.227. The first-order chi connectivity index (χ1) is 21.8. The zero-order chi connectivity index (χ0) is 32.9. The van der Waals surface area contributed by atoms with Crippen LogP contribution in [0.5, 0.6) is 0 Å². The van der Waals surface area contributed by atoms with E-state index < -0.39 is 37.7 Å². The maximum absolute atomic E-state index is 14.3. The summed E-state index contributed by atoms with van der Waals surface area (Å²) in [7, 11) is -0.986. The van der Waals surface area contributed by atoms with Crippen molar-refractivity contribution in [3.05, 3.63) is 64.2 Å². The molecule has 2 aliphatic heterocycles. The number of aryl methyl sites for hydroxylation is 1. The van der Waals surface area contributed by atoms with Gasteiger partial charge in [0.1, 0.15) is 12.1 Å². The molecule has 2 fully saturated rings. The highest BCUT2D eigenvalue weighted by atomic mass is 32.1. The first kappa shape index (κ1) is 31.9. The fourth-order valence-corrected chi connectivity index (χ4v) is 8.04. The van der Waals surface area contributed by atoms with Crippen molar-refractivity contribution in [1.29, 1.82) is 0 Å². The van der Waals surface area contributed by atoms with Gasteiger partial charge in [-0.05, 0) is 67.5 Å². The normalized spacial score (nSPS) is 20.5. The van der Waals surface area contributed by atoms with E-state index in [1.807, 2.05) is 25.1 Å². The Morgan fingerprint density at radius 3 is 2.63 bits per heavy atom. The van der Waals surface area contributed by atoms with Gasteiger partial charge >= 0.3 is 7.60 Å². The fourth-order valence-electron chi connectivity index (χ4n) is 6.42. The molecule has 2 aromatic heterocycles. The predicted molar refractivity (Wildman–Crippen MR) is 173 cm³/mol. The number of aromatic amines is 1. The Labute approximate surface area is 268 Å². The molecule has 6 rings (SSSR count). The van der Waals surface area contributed by atoms with Crippen molar-refractivity contribution < 1.29 is 33.5 Å². The van der Waals surface area contributed by atoms with E-state index in [2.05, 4.69) is 15.5 Å². The van der Waals surface area contributed by atoms with Gasteiger partial charge in [0.25, 0.3) is 11.8 Å². The number of fused-ring (bicyclic) bond motifs is 3. The van der Waals surface area contributed by atoms with Gasteiger partial charge in [-0.15, -0.1) is 11.3 Å². The number of thiophene rings is 1. The van der Waals surface area contributed by atoms with Crippen LogP contribution >= 0.6 is 18.9 Å². The summed E-state index contributed by atoms with van der Waals surface area (Å²) >= 11 is 1.18. The van der Waals surface area contributed by atoms with Crippen molar-refractivity contribution in [2.45, 2.75) is 50.5 Å². The molecular weight excluding hydrogens is 631 g/mol. The smallest absolute Gasteiger partial charge is 0.329 e. The zero-order valence-electron chi connectivity index (χ0n) is 25.6. The molecule has 4 N–H and O–H groups in total. The first-order valence-electron chi connectivity index (χ1n) is 14.9. The van der Waals surface area contributed by atoms with Crippen LogP contribution in [0.1, 0.15) is 50.5 Å². The maximum Gasteiger partial charge on any atom is 0.329 e. The van der Waals surface area contributed by atoms with Crippen LogP contribution in [0.25, 0.3) is 21.0 Å². The molecule has 2 saturated heterocycles. The van der Waals surface area contributed by atoms with Gasteiger partial charge in [0.15, 0.2) is 5.69 Å². The first-order valence-corrected chi connectivity index (χ1v) is 17.6. The molecule has 0 radical (unpaired) electrons. The fraction of sp³-hybridized carbons (Fsp3) is 0.387. The summed E-state index contributed by atoms with van der Waals surface area (Å²) in [5.41, 5.74) is 2.35. The number of hydrogen-bond acceptors (Lipinski definition) is 7. The summed E-state index contributed by atoms with van der Waals surface area (Å²) in [6, 6.07) is 10.1. The summed E-state index contributed by atoms with van der Waals surface area (Å²) in [5, 5.41) is 11.4. The number of carbonyl (C=O) groups excluding carboxylic acids is 4.